The summed E-state index contributed by atoms with van der Waals surface area (Å²) in [5.41, 5.74) is 5.56. The average molecular weight is 183 g/mol. The second-order valence-corrected chi connectivity index (χ2v) is 3.53. The molecule has 4 nitrogen and oxygen atoms in total. The van der Waals surface area contributed by atoms with Crippen molar-refractivity contribution in [1.29, 1.82) is 5.26 Å². The summed E-state index contributed by atoms with van der Waals surface area (Å²) in [5, 5.41) is 8.57. The Hall–Kier alpha value is -0.630. The molecule has 1 saturated heterocycles. The summed E-state index contributed by atoms with van der Waals surface area (Å²) in [7, 11) is 0. The van der Waals surface area contributed by atoms with Crippen molar-refractivity contribution in [3.8, 4) is 6.07 Å². The smallest absolute Gasteiger partial charge is 0.106 e. The lowest BCUT2D eigenvalue weighted by Gasteiger charge is -2.22. The Labute approximate surface area is 79.3 Å². The van der Waals surface area contributed by atoms with E-state index in [2.05, 4.69) is 11.8 Å². The van der Waals surface area contributed by atoms with E-state index in [1.807, 2.05) is 6.07 Å². The quantitative estimate of drug-likeness (QED) is 0.652. The molecular weight excluding hydrogens is 166 g/mol. The van der Waals surface area contributed by atoms with Gasteiger partial charge in [-0.05, 0) is 13.3 Å². The first kappa shape index (κ1) is 10.5. The van der Waals surface area contributed by atoms with Crippen LogP contribution in [0.2, 0.25) is 0 Å². The van der Waals surface area contributed by atoms with Crippen molar-refractivity contribution in [2.24, 2.45) is 5.73 Å². The first-order valence-electron chi connectivity index (χ1n) is 4.71. The molecule has 0 saturated carbocycles. The van der Waals surface area contributed by atoms with E-state index < -0.39 is 0 Å². The summed E-state index contributed by atoms with van der Waals surface area (Å²) in [5.74, 6) is 0. The van der Waals surface area contributed by atoms with Gasteiger partial charge in [-0.1, -0.05) is 0 Å². The van der Waals surface area contributed by atoms with E-state index in [-0.39, 0.29) is 12.1 Å². The van der Waals surface area contributed by atoms with Crippen LogP contribution in [0, 0.1) is 11.3 Å². The standard InChI is InChI=1S/C9H17N3O/c1-8-6-12(3-2-4-13-8)7-9(11)5-10/h8-9H,2-4,6-7,11H2,1H3. The van der Waals surface area contributed by atoms with Gasteiger partial charge in [-0.15, -0.1) is 0 Å². The lowest BCUT2D eigenvalue weighted by atomic mass is 10.3. The minimum absolute atomic E-state index is 0.258. The van der Waals surface area contributed by atoms with Crippen LogP contribution >= 0.6 is 0 Å². The van der Waals surface area contributed by atoms with Crippen LogP contribution in [0.15, 0.2) is 0 Å². The number of ether oxygens (including phenoxy) is 1. The Morgan fingerprint density at radius 3 is 3.23 bits per heavy atom. The summed E-state index contributed by atoms with van der Waals surface area (Å²) in [4.78, 5) is 2.20. The molecule has 0 amide bonds. The Kier molecular flexibility index (Phi) is 4.16. The second-order valence-electron chi connectivity index (χ2n) is 3.53. The molecule has 0 aromatic heterocycles. The molecule has 13 heavy (non-hydrogen) atoms. The van der Waals surface area contributed by atoms with Gasteiger partial charge in [0.1, 0.15) is 6.04 Å². The number of nitriles is 1. The van der Waals surface area contributed by atoms with Gasteiger partial charge in [0.2, 0.25) is 0 Å². The Balaban J connectivity index is 2.35. The zero-order valence-corrected chi connectivity index (χ0v) is 8.07. The molecule has 0 bridgehead atoms. The summed E-state index contributed by atoms with van der Waals surface area (Å²) in [6.45, 7) is 5.40. The SMILES string of the molecule is CC1CN(CC(N)C#N)CCCO1. The van der Waals surface area contributed by atoms with Crippen LogP contribution in [0.1, 0.15) is 13.3 Å². The fraction of sp³-hybridized carbons (Fsp3) is 0.889. The third-order valence-corrected chi connectivity index (χ3v) is 2.16. The highest BCUT2D eigenvalue weighted by molar-refractivity contribution is 4.89. The number of hydrogen-bond acceptors (Lipinski definition) is 4. The predicted octanol–water partition coefficient (Wildman–Crippen LogP) is -0.0519. The number of nitrogens with zero attached hydrogens (tertiary/aromatic N) is 2. The van der Waals surface area contributed by atoms with Gasteiger partial charge in [0.15, 0.2) is 0 Å². The van der Waals surface area contributed by atoms with E-state index in [0.29, 0.717) is 6.54 Å². The van der Waals surface area contributed by atoms with E-state index >= 15 is 0 Å². The molecule has 4 heteroatoms. The summed E-state index contributed by atoms with van der Waals surface area (Å²) in [6.07, 6.45) is 1.29. The minimum atomic E-state index is -0.370. The lowest BCUT2D eigenvalue weighted by molar-refractivity contribution is 0.0676. The summed E-state index contributed by atoms with van der Waals surface area (Å²) in [6, 6.07) is 1.67. The molecule has 2 N–H and O–H groups in total. The largest absolute Gasteiger partial charge is 0.377 e. The second kappa shape index (κ2) is 5.18. The van der Waals surface area contributed by atoms with Crippen LogP contribution < -0.4 is 5.73 Å². The van der Waals surface area contributed by atoms with E-state index in [9.17, 15) is 0 Å². The Morgan fingerprint density at radius 1 is 1.77 bits per heavy atom. The maximum Gasteiger partial charge on any atom is 0.106 e. The zero-order chi connectivity index (χ0) is 9.68. The van der Waals surface area contributed by atoms with Gasteiger partial charge < -0.3 is 10.5 Å². The van der Waals surface area contributed by atoms with E-state index in [4.69, 9.17) is 15.7 Å². The molecule has 0 spiro atoms. The molecule has 0 aromatic rings. The van der Waals surface area contributed by atoms with Gasteiger partial charge >= 0.3 is 0 Å². The molecule has 1 fully saturated rings. The first-order chi connectivity index (χ1) is 6.22. The molecule has 74 valence electrons. The highest BCUT2D eigenvalue weighted by Crippen LogP contribution is 2.05. The van der Waals surface area contributed by atoms with E-state index in [0.717, 1.165) is 26.1 Å². The fourth-order valence-electron chi connectivity index (χ4n) is 1.57. The highest BCUT2D eigenvalue weighted by Gasteiger charge is 2.16. The van der Waals surface area contributed by atoms with Gasteiger partial charge in [0.05, 0.1) is 12.2 Å². The van der Waals surface area contributed by atoms with Gasteiger partial charge in [-0.25, -0.2) is 0 Å². The fourth-order valence-corrected chi connectivity index (χ4v) is 1.57. The normalized spacial score (nSPS) is 27.6. The third-order valence-electron chi connectivity index (χ3n) is 2.16. The summed E-state index contributed by atoms with van der Waals surface area (Å²) < 4.78 is 5.48. The topological polar surface area (TPSA) is 62.3 Å². The Morgan fingerprint density at radius 2 is 2.54 bits per heavy atom. The maximum absolute atomic E-state index is 8.57. The van der Waals surface area contributed by atoms with Crippen LogP contribution in [0.5, 0.6) is 0 Å². The average Bonchev–Trinajstić information content (AvgIpc) is 2.30. The predicted molar refractivity (Wildman–Crippen MR) is 50.1 cm³/mol. The molecule has 0 aliphatic carbocycles. The minimum Gasteiger partial charge on any atom is -0.377 e. The van der Waals surface area contributed by atoms with Gasteiger partial charge in [0, 0.05) is 26.2 Å². The van der Waals surface area contributed by atoms with Crippen molar-refractivity contribution >= 4 is 0 Å². The van der Waals surface area contributed by atoms with Gasteiger partial charge in [0.25, 0.3) is 0 Å². The van der Waals surface area contributed by atoms with Crippen molar-refractivity contribution in [3.63, 3.8) is 0 Å². The van der Waals surface area contributed by atoms with Crippen LogP contribution in [0.4, 0.5) is 0 Å². The van der Waals surface area contributed by atoms with Crippen LogP contribution in [-0.4, -0.2) is 43.3 Å². The zero-order valence-electron chi connectivity index (χ0n) is 8.07. The molecule has 0 radical (unpaired) electrons. The molecule has 1 rings (SSSR count). The monoisotopic (exact) mass is 183 g/mol. The van der Waals surface area contributed by atoms with Crippen LogP contribution in [0.3, 0.4) is 0 Å². The third kappa shape index (κ3) is 3.73. The van der Waals surface area contributed by atoms with Crippen LogP contribution in [-0.2, 0) is 4.74 Å². The van der Waals surface area contributed by atoms with Crippen molar-refractivity contribution < 1.29 is 4.74 Å². The van der Waals surface area contributed by atoms with Gasteiger partial charge in [-0.3, -0.25) is 4.90 Å². The molecule has 2 atom stereocenters. The van der Waals surface area contributed by atoms with Crippen molar-refractivity contribution in [3.05, 3.63) is 0 Å². The van der Waals surface area contributed by atoms with Crippen molar-refractivity contribution in [2.45, 2.75) is 25.5 Å². The highest BCUT2D eigenvalue weighted by atomic mass is 16.5. The molecule has 1 aliphatic heterocycles. The summed E-state index contributed by atoms with van der Waals surface area (Å²) >= 11 is 0. The molecule has 2 unspecified atom stereocenters. The van der Waals surface area contributed by atoms with Crippen LogP contribution in [0.25, 0.3) is 0 Å². The van der Waals surface area contributed by atoms with E-state index in [1.165, 1.54) is 0 Å². The number of rotatable bonds is 2. The number of nitrogens with two attached hydrogens (primary N) is 1. The lowest BCUT2D eigenvalue weighted by Crippen LogP contribution is -2.39. The molecular formula is C9H17N3O. The number of hydrogen-bond donors (Lipinski definition) is 1. The molecule has 1 heterocycles. The molecule has 1 aliphatic rings. The first-order valence-corrected chi connectivity index (χ1v) is 4.71. The maximum atomic E-state index is 8.57. The van der Waals surface area contributed by atoms with E-state index in [1.54, 1.807) is 0 Å². The molecule has 0 aromatic carbocycles. The Bertz CT molecular complexity index is 190. The van der Waals surface area contributed by atoms with Crippen molar-refractivity contribution in [2.75, 3.05) is 26.2 Å². The van der Waals surface area contributed by atoms with Crippen molar-refractivity contribution in [1.82, 2.24) is 4.90 Å². The van der Waals surface area contributed by atoms with Gasteiger partial charge in [-0.2, -0.15) is 5.26 Å².